The standard InChI is InChI=1S/C17H16N4/c1-12-6-5-7-14(19-12)11-18-21-17-10-13(2)20-16-9-4-3-8-15(16)17/h3-11H,1-2H3,(H,20,21)/b18-11-. The van der Waals surface area contributed by atoms with Gasteiger partial charge in [0, 0.05) is 16.8 Å². The van der Waals surface area contributed by atoms with Crippen LogP contribution in [0.5, 0.6) is 0 Å². The lowest BCUT2D eigenvalue weighted by Gasteiger charge is -2.06. The number of rotatable bonds is 3. The van der Waals surface area contributed by atoms with Gasteiger partial charge in [0.25, 0.3) is 0 Å². The highest BCUT2D eigenvalue weighted by atomic mass is 15.3. The quantitative estimate of drug-likeness (QED) is 0.586. The maximum atomic E-state index is 4.51. The van der Waals surface area contributed by atoms with Crippen LogP contribution in [0.1, 0.15) is 17.1 Å². The Hall–Kier alpha value is -2.75. The predicted molar refractivity (Wildman–Crippen MR) is 86.7 cm³/mol. The van der Waals surface area contributed by atoms with Crippen molar-refractivity contribution in [2.75, 3.05) is 5.43 Å². The molecule has 3 rings (SSSR count). The maximum Gasteiger partial charge on any atom is 0.0833 e. The summed E-state index contributed by atoms with van der Waals surface area (Å²) in [6.45, 7) is 3.94. The fourth-order valence-corrected chi connectivity index (χ4v) is 2.20. The first kappa shape index (κ1) is 13.2. The Balaban J connectivity index is 1.88. The third-order valence-electron chi connectivity index (χ3n) is 3.14. The Morgan fingerprint density at radius 1 is 0.952 bits per heavy atom. The molecule has 0 saturated heterocycles. The summed E-state index contributed by atoms with van der Waals surface area (Å²) in [7, 11) is 0. The normalized spacial score (nSPS) is 11.1. The molecule has 0 amide bonds. The van der Waals surface area contributed by atoms with Crippen LogP contribution in [-0.2, 0) is 0 Å². The number of hydrazone groups is 1. The Labute approximate surface area is 123 Å². The molecule has 0 aliphatic rings. The van der Waals surface area contributed by atoms with Gasteiger partial charge >= 0.3 is 0 Å². The van der Waals surface area contributed by atoms with Crippen LogP contribution >= 0.6 is 0 Å². The lowest BCUT2D eigenvalue weighted by Crippen LogP contribution is -1.96. The average molecular weight is 276 g/mol. The van der Waals surface area contributed by atoms with E-state index in [4.69, 9.17) is 0 Å². The molecule has 3 aromatic rings. The Bertz CT molecular complexity index is 809. The smallest absolute Gasteiger partial charge is 0.0833 e. The zero-order valence-electron chi connectivity index (χ0n) is 12.0. The van der Waals surface area contributed by atoms with Crippen molar-refractivity contribution in [2.24, 2.45) is 5.10 Å². The highest BCUT2D eigenvalue weighted by molar-refractivity contribution is 5.91. The maximum absolute atomic E-state index is 4.51. The van der Waals surface area contributed by atoms with Crippen molar-refractivity contribution in [3.8, 4) is 0 Å². The van der Waals surface area contributed by atoms with Crippen LogP contribution in [0.2, 0.25) is 0 Å². The second kappa shape index (κ2) is 5.71. The molecular formula is C17H16N4. The van der Waals surface area contributed by atoms with Crippen LogP contribution in [0.25, 0.3) is 10.9 Å². The van der Waals surface area contributed by atoms with Crippen molar-refractivity contribution in [3.63, 3.8) is 0 Å². The molecule has 1 aromatic carbocycles. The van der Waals surface area contributed by atoms with E-state index in [0.717, 1.165) is 33.7 Å². The molecule has 0 atom stereocenters. The predicted octanol–water partition coefficient (Wildman–Crippen LogP) is 3.69. The molecule has 104 valence electrons. The number of aromatic nitrogens is 2. The largest absolute Gasteiger partial charge is 0.278 e. The van der Waals surface area contributed by atoms with Crippen molar-refractivity contribution in [3.05, 3.63) is 65.6 Å². The minimum Gasteiger partial charge on any atom is -0.278 e. The lowest BCUT2D eigenvalue weighted by molar-refractivity contribution is 1.18. The van der Waals surface area contributed by atoms with Crippen molar-refractivity contribution in [2.45, 2.75) is 13.8 Å². The summed E-state index contributed by atoms with van der Waals surface area (Å²) in [6, 6.07) is 15.9. The molecular weight excluding hydrogens is 260 g/mol. The van der Waals surface area contributed by atoms with Crippen molar-refractivity contribution in [1.82, 2.24) is 9.97 Å². The highest BCUT2D eigenvalue weighted by Gasteiger charge is 2.02. The van der Waals surface area contributed by atoms with E-state index in [2.05, 4.69) is 20.5 Å². The van der Waals surface area contributed by atoms with Crippen molar-refractivity contribution in [1.29, 1.82) is 0 Å². The van der Waals surface area contributed by atoms with E-state index in [1.807, 2.05) is 62.4 Å². The van der Waals surface area contributed by atoms with Crippen LogP contribution in [0.15, 0.2) is 53.6 Å². The van der Waals surface area contributed by atoms with Crippen LogP contribution in [0.3, 0.4) is 0 Å². The zero-order valence-corrected chi connectivity index (χ0v) is 12.0. The van der Waals surface area contributed by atoms with Gasteiger partial charge in [0.05, 0.1) is 23.1 Å². The van der Waals surface area contributed by atoms with Gasteiger partial charge in [-0.1, -0.05) is 24.3 Å². The SMILES string of the molecule is Cc1cccc(/C=N\Nc2cc(C)nc3ccccc23)n1. The molecule has 0 bridgehead atoms. The first-order chi connectivity index (χ1) is 10.2. The molecule has 0 aliphatic heterocycles. The summed E-state index contributed by atoms with van der Waals surface area (Å²) in [4.78, 5) is 8.89. The van der Waals surface area contributed by atoms with Gasteiger partial charge < -0.3 is 0 Å². The minimum atomic E-state index is 0.831. The van der Waals surface area contributed by atoms with Crippen LogP contribution < -0.4 is 5.43 Å². The van der Waals surface area contributed by atoms with E-state index < -0.39 is 0 Å². The lowest BCUT2D eigenvalue weighted by atomic mass is 10.1. The molecule has 4 nitrogen and oxygen atoms in total. The molecule has 0 radical (unpaired) electrons. The molecule has 4 heteroatoms. The zero-order chi connectivity index (χ0) is 14.7. The molecule has 0 unspecified atom stereocenters. The van der Waals surface area contributed by atoms with Gasteiger partial charge in [-0.25, -0.2) is 0 Å². The van der Waals surface area contributed by atoms with E-state index >= 15 is 0 Å². The average Bonchev–Trinajstić information content (AvgIpc) is 2.47. The number of nitrogens with zero attached hydrogens (tertiary/aromatic N) is 3. The van der Waals surface area contributed by atoms with Gasteiger partial charge in [-0.15, -0.1) is 0 Å². The van der Waals surface area contributed by atoms with Crippen LogP contribution in [0, 0.1) is 13.8 Å². The molecule has 0 aliphatic carbocycles. The van der Waals surface area contributed by atoms with E-state index in [9.17, 15) is 0 Å². The molecule has 21 heavy (non-hydrogen) atoms. The fourth-order valence-electron chi connectivity index (χ4n) is 2.20. The summed E-state index contributed by atoms with van der Waals surface area (Å²) in [5.41, 5.74) is 7.76. The van der Waals surface area contributed by atoms with Gasteiger partial charge in [-0.05, 0) is 38.1 Å². The van der Waals surface area contributed by atoms with Gasteiger partial charge in [0.15, 0.2) is 0 Å². The summed E-state index contributed by atoms with van der Waals surface area (Å²) in [5, 5.41) is 5.33. The third-order valence-corrected chi connectivity index (χ3v) is 3.14. The Morgan fingerprint density at radius 2 is 1.81 bits per heavy atom. The molecule has 0 fully saturated rings. The van der Waals surface area contributed by atoms with E-state index in [1.165, 1.54) is 0 Å². The van der Waals surface area contributed by atoms with Crippen molar-refractivity contribution < 1.29 is 0 Å². The van der Waals surface area contributed by atoms with Gasteiger partial charge in [0.2, 0.25) is 0 Å². The number of aryl methyl sites for hydroxylation is 2. The monoisotopic (exact) mass is 276 g/mol. The summed E-state index contributed by atoms with van der Waals surface area (Å²) in [6.07, 6.45) is 1.72. The van der Waals surface area contributed by atoms with Gasteiger partial charge in [0.1, 0.15) is 0 Å². The number of anilines is 1. The first-order valence-electron chi connectivity index (χ1n) is 6.81. The molecule has 0 saturated carbocycles. The second-order valence-corrected chi connectivity index (χ2v) is 4.90. The van der Waals surface area contributed by atoms with Crippen molar-refractivity contribution >= 4 is 22.8 Å². The first-order valence-corrected chi connectivity index (χ1v) is 6.81. The molecule has 2 heterocycles. The van der Waals surface area contributed by atoms with E-state index in [1.54, 1.807) is 6.21 Å². The van der Waals surface area contributed by atoms with Gasteiger partial charge in [-0.3, -0.25) is 15.4 Å². The fraction of sp³-hybridized carbons (Fsp3) is 0.118. The number of hydrogen-bond acceptors (Lipinski definition) is 4. The third kappa shape index (κ3) is 3.05. The number of pyridine rings is 2. The molecule has 2 aromatic heterocycles. The van der Waals surface area contributed by atoms with Crippen LogP contribution in [0.4, 0.5) is 5.69 Å². The highest BCUT2D eigenvalue weighted by Crippen LogP contribution is 2.22. The minimum absolute atomic E-state index is 0.831. The molecule has 1 N–H and O–H groups in total. The van der Waals surface area contributed by atoms with Gasteiger partial charge in [-0.2, -0.15) is 5.10 Å². The summed E-state index contributed by atoms with van der Waals surface area (Å²) < 4.78 is 0. The summed E-state index contributed by atoms with van der Waals surface area (Å²) >= 11 is 0. The number of benzene rings is 1. The van der Waals surface area contributed by atoms with Crippen LogP contribution in [-0.4, -0.2) is 16.2 Å². The number of hydrogen-bond donors (Lipinski definition) is 1. The summed E-state index contributed by atoms with van der Waals surface area (Å²) in [5.74, 6) is 0. The topological polar surface area (TPSA) is 50.2 Å². The molecule has 0 spiro atoms. The van der Waals surface area contributed by atoms with E-state index in [0.29, 0.717) is 0 Å². The number of nitrogens with one attached hydrogen (secondary N) is 1. The Kier molecular flexibility index (Phi) is 3.60. The Morgan fingerprint density at radius 3 is 2.67 bits per heavy atom. The van der Waals surface area contributed by atoms with E-state index in [-0.39, 0.29) is 0 Å². The second-order valence-electron chi connectivity index (χ2n) is 4.90. The number of fused-ring (bicyclic) bond motifs is 1. The number of para-hydroxylation sites is 1.